The fourth-order valence-electron chi connectivity index (χ4n) is 1.60. The Morgan fingerprint density at radius 2 is 2.20 bits per heavy atom. The number of amidine groups is 1. The van der Waals surface area contributed by atoms with Crippen LogP contribution in [0.25, 0.3) is 0 Å². The smallest absolute Gasteiger partial charge is 0.0921 e. The second-order valence-corrected chi connectivity index (χ2v) is 3.54. The van der Waals surface area contributed by atoms with Crippen LogP contribution in [-0.4, -0.2) is 55.3 Å². The van der Waals surface area contributed by atoms with Crippen LogP contribution in [0.2, 0.25) is 0 Å². The molecule has 0 spiro atoms. The molecule has 0 radical (unpaired) electrons. The summed E-state index contributed by atoms with van der Waals surface area (Å²) < 4.78 is 5.01. The second-order valence-electron chi connectivity index (χ2n) is 3.54. The maximum absolute atomic E-state index is 8.95. The molecule has 0 bridgehead atoms. The van der Waals surface area contributed by atoms with E-state index in [4.69, 9.17) is 21.0 Å². The average Bonchev–Trinajstić information content (AvgIpc) is 2.20. The third-order valence-electron chi connectivity index (χ3n) is 2.41. The Morgan fingerprint density at radius 1 is 1.53 bits per heavy atom. The first-order valence-corrected chi connectivity index (χ1v) is 5.32. The number of nitrogens with one attached hydrogen (secondary N) is 1. The summed E-state index contributed by atoms with van der Waals surface area (Å²) in [7, 11) is 1.66. The number of methoxy groups -OCH3 is 1. The van der Waals surface area contributed by atoms with Gasteiger partial charge in [-0.05, 0) is 6.42 Å². The summed E-state index contributed by atoms with van der Waals surface area (Å²) in [5.74, 6) is 0.196. The van der Waals surface area contributed by atoms with Crippen LogP contribution in [0.4, 0.5) is 0 Å². The quantitative estimate of drug-likeness (QED) is 0.376. The molecule has 90 valence electrons. The monoisotopic (exact) mass is 217 g/mol. The summed E-state index contributed by atoms with van der Waals surface area (Å²) >= 11 is 0. The number of rotatable bonds is 9. The van der Waals surface area contributed by atoms with Crippen LogP contribution in [0.1, 0.15) is 19.8 Å². The molecule has 1 atom stereocenters. The third kappa shape index (κ3) is 6.43. The van der Waals surface area contributed by atoms with E-state index in [-0.39, 0.29) is 18.5 Å². The lowest BCUT2D eigenvalue weighted by molar-refractivity contribution is 0.101. The van der Waals surface area contributed by atoms with E-state index < -0.39 is 0 Å². The fraction of sp³-hybridized carbons (Fsp3) is 0.900. The number of nitrogens with two attached hydrogens (primary N) is 1. The molecule has 5 nitrogen and oxygen atoms in total. The van der Waals surface area contributed by atoms with Gasteiger partial charge in [-0.25, -0.2) is 0 Å². The van der Waals surface area contributed by atoms with Crippen molar-refractivity contribution in [1.29, 1.82) is 5.41 Å². The topological polar surface area (TPSA) is 82.6 Å². The first-order valence-electron chi connectivity index (χ1n) is 5.32. The van der Waals surface area contributed by atoms with E-state index in [1.165, 1.54) is 0 Å². The highest BCUT2D eigenvalue weighted by molar-refractivity contribution is 5.77. The maximum atomic E-state index is 8.95. The molecule has 0 aliphatic rings. The molecule has 15 heavy (non-hydrogen) atoms. The normalized spacial score (nSPS) is 13.1. The van der Waals surface area contributed by atoms with Gasteiger partial charge in [0.2, 0.25) is 0 Å². The highest BCUT2D eigenvalue weighted by atomic mass is 16.5. The Kier molecular flexibility index (Phi) is 8.27. The van der Waals surface area contributed by atoms with Crippen molar-refractivity contribution in [2.75, 3.05) is 33.4 Å². The van der Waals surface area contributed by atoms with Crippen molar-refractivity contribution in [1.82, 2.24) is 4.90 Å². The van der Waals surface area contributed by atoms with Gasteiger partial charge >= 0.3 is 0 Å². The Hall–Kier alpha value is -0.650. The summed E-state index contributed by atoms with van der Waals surface area (Å²) in [6, 6.07) is 0.227. The maximum Gasteiger partial charge on any atom is 0.0921 e. The van der Waals surface area contributed by atoms with Gasteiger partial charge in [-0.3, -0.25) is 10.3 Å². The Bertz CT molecular complexity index is 176. The largest absolute Gasteiger partial charge is 0.395 e. The average molecular weight is 217 g/mol. The first kappa shape index (κ1) is 14.3. The van der Waals surface area contributed by atoms with Crippen molar-refractivity contribution < 1.29 is 9.84 Å². The summed E-state index contributed by atoms with van der Waals surface area (Å²) in [6.07, 6.45) is 1.48. The number of hydrogen-bond donors (Lipinski definition) is 3. The van der Waals surface area contributed by atoms with Crippen LogP contribution in [0, 0.1) is 5.41 Å². The molecule has 0 heterocycles. The van der Waals surface area contributed by atoms with Crippen LogP contribution >= 0.6 is 0 Å². The lowest BCUT2D eigenvalue weighted by Crippen LogP contribution is -2.41. The standard InChI is InChI=1S/C10H23N3O2/c1-3-9(8-10(11)12)13(4-6-14)5-7-15-2/h9,14H,3-8H2,1-2H3,(H3,11,12). The van der Waals surface area contributed by atoms with Gasteiger partial charge in [0.05, 0.1) is 19.0 Å². The van der Waals surface area contributed by atoms with Crippen molar-refractivity contribution in [3.63, 3.8) is 0 Å². The van der Waals surface area contributed by atoms with Gasteiger partial charge in [-0.2, -0.15) is 0 Å². The van der Waals surface area contributed by atoms with E-state index in [1.54, 1.807) is 7.11 Å². The van der Waals surface area contributed by atoms with Gasteiger partial charge in [0.25, 0.3) is 0 Å². The fourth-order valence-corrected chi connectivity index (χ4v) is 1.60. The molecule has 0 saturated carbocycles. The van der Waals surface area contributed by atoms with Gasteiger partial charge in [0, 0.05) is 32.7 Å². The predicted molar refractivity (Wildman–Crippen MR) is 61.1 cm³/mol. The molecule has 0 aromatic rings. The number of nitrogens with zero attached hydrogens (tertiary/aromatic N) is 1. The van der Waals surface area contributed by atoms with Crippen molar-refractivity contribution in [3.05, 3.63) is 0 Å². The Labute approximate surface area is 91.7 Å². The van der Waals surface area contributed by atoms with Crippen molar-refractivity contribution in [3.8, 4) is 0 Å². The minimum absolute atomic E-state index is 0.123. The molecular weight excluding hydrogens is 194 g/mol. The van der Waals surface area contributed by atoms with Crippen molar-refractivity contribution in [2.45, 2.75) is 25.8 Å². The molecule has 0 aromatic heterocycles. The molecule has 0 aliphatic carbocycles. The molecule has 4 N–H and O–H groups in total. The molecule has 0 saturated heterocycles. The lowest BCUT2D eigenvalue weighted by Gasteiger charge is -2.29. The number of ether oxygens (including phenoxy) is 1. The number of hydrogen-bond acceptors (Lipinski definition) is 4. The zero-order chi connectivity index (χ0) is 11.7. The van der Waals surface area contributed by atoms with Gasteiger partial charge in [-0.15, -0.1) is 0 Å². The van der Waals surface area contributed by atoms with Crippen LogP contribution in [0.3, 0.4) is 0 Å². The molecule has 0 amide bonds. The summed E-state index contributed by atoms with van der Waals surface area (Å²) in [5.41, 5.74) is 5.39. The number of aliphatic hydroxyl groups is 1. The zero-order valence-electron chi connectivity index (χ0n) is 9.70. The highest BCUT2D eigenvalue weighted by Crippen LogP contribution is 2.08. The number of aliphatic hydroxyl groups excluding tert-OH is 1. The second kappa shape index (κ2) is 8.64. The molecule has 5 heteroatoms. The van der Waals surface area contributed by atoms with E-state index in [1.807, 2.05) is 0 Å². The van der Waals surface area contributed by atoms with Crippen molar-refractivity contribution >= 4 is 5.84 Å². The molecule has 0 aliphatic heterocycles. The van der Waals surface area contributed by atoms with Crippen LogP contribution < -0.4 is 5.73 Å². The summed E-state index contributed by atoms with van der Waals surface area (Å²) in [5, 5.41) is 16.2. The van der Waals surface area contributed by atoms with E-state index in [9.17, 15) is 0 Å². The summed E-state index contributed by atoms with van der Waals surface area (Å²) in [6.45, 7) is 4.19. The molecular formula is C10H23N3O2. The third-order valence-corrected chi connectivity index (χ3v) is 2.41. The van der Waals surface area contributed by atoms with Gasteiger partial charge < -0.3 is 15.6 Å². The molecule has 0 fully saturated rings. The molecule has 0 rings (SSSR count). The Morgan fingerprint density at radius 3 is 2.60 bits per heavy atom. The lowest BCUT2D eigenvalue weighted by atomic mass is 10.1. The van der Waals surface area contributed by atoms with Crippen LogP contribution in [-0.2, 0) is 4.74 Å². The first-order chi connectivity index (χ1) is 7.15. The zero-order valence-corrected chi connectivity index (χ0v) is 9.70. The Balaban J connectivity index is 4.18. The molecule has 0 aromatic carbocycles. The molecule has 1 unspecified atom stereocenters. The van der Waals surface area contributed by atoms with E-state index in [2.05, 4.69) is 11.8 Å². The highest BCUT2D eigenvalue weighted by Gasteiger charge is 2.16. The van der Waals surface area contributed by atoms with Gasteiger partial charge in [-0.1, -0.05) is 6.92 Å². The summed E-state index contributed by atoms with van der Waals surface area (Å²) in [4.78, 5) is 2.12. The van der Waals surface area contributed by atoms with Crippen molar-refractivity contribution in [2.24, 2.45) is 5.73 Å². The van der Waals surface area contributed by atoms with Crippen LogP contribution in [0.5, 0.6) is 0 Å². The van der Waals surface area contributed by atoms with E-state index >= 15 is 0 Å². The SMILES string of the molecule is CCC(CC(=N)N)N(CCO)CCOC. The van der Waals surface area contributed by atoms with E-state index in [0.717, 1.165) is 13.0 Å². The minimum Gasteiger partial charge on any atom is -0.395 e. The van der Waals surface area contributed by atoms with Crippen LogP contribution in [0.15, 0.2) is 0 Å². The minimum atomic E-state index is 0.123. The predicted octanol–water partition coefficient (Wildman–Crippen LogP) is 0.0318. The van der Waals surface area contributed by atoms with Gasteiger partial charge in [0.15, 0.2) is 0 Å². The van der Waals surface area contributed by atoms with E-state index in [0.29, 0.717) is 19.6 Å². The van der Waals surface area contributed by atoms with Gasteiger partial charge in [0.1, 0.15) is 0 Å².